The van der Waals surface area contributed by atoms with Crippen LogP contribution in [0.4, 0.5) is 0 Å². The first-order chi connectivity index (χ1) is 6.05. The van der Waals surface area contributed by atoms with Crippen LogP contribution in [0.1, 0.15) is 18.2 Å². The number of aliphatic hydroxyl groups is 1. The fourth-order valence-electron chi connectivity index (χ4n) is 1.65. The third-order valence-corrected chi connectivity index (χ3v) is 2.49. The number of hydrogen-bond acceptors (Lipinski definition) is 3. The van der Waals surface area contributed by atoms with E-state index in [9.17, 15) is 5.11 Å². The zero-order chi connectivity index (χ0) is 10.1. The molecule has 1 atom stereocenters. The van der Waals surface area contributed by atoms with Gasteiger partial charge in [-0.2, -0.15) is 5.10 Å². The average molecular weight is 183 g/mol. The molecule has 0 saturated carbocycles. The molecule has 1 unspecified atom stereocenters. The monoisotopic (exact) mass is 183 g/mol. The summed E-state index contributed by atoms with van der Waals surface area (Å²) >= 11 is 0. The van der Waals surface area contributed by atoms with Gasteiger partial charge in [-0.05, 0) is 12.5 Å². The summed E-state index contributed by atoms with van der Waals surface area (Å²) < 4.78 is 1.78. The van der Waals surface area contributed by atoms with Crippen LogP contribution in [-0.2, 0) is 12.5 Å². The van der Waals surface area contributed by atoms with E-state index >= 15 is 0 Å². The molecule has 1 heterocycles. The van der Waals surface area contributed by atoms with Gasteiger partial charge in [-0.25, -0.2) is 0 Å². The number of nitrogens with two attached hydrogens (primary N) is 1. The summed E-state index contributed by atoms with van der Waals surface area (Å²) in [5.41, 5.74) is 7.35. The Morgan fingerprint density at radius 3 is 2.62 bits per heavy atom. The van der Waals surface area contributed by atoms with E-state index in [1.807, 2.05) is 20.9 Å². The molecule has 0 aromatic carbocycles. The lowest BCUT2D eigenvalue weighted by Crippen LogP contribution is -2.38. The highest BCUT2D eigenvalue weighted by atomic mass is 16.3. The highest BCUT2D eigenvalue weighted by Crippen LogP contribution is 2.24. The van der Waals surface area contributed by atoms with Crippen LogP contribution in [0.25, 0.3) is 0 Å². The van der Waals surface area contributed by atoms with Gasteiger partial charge >= 0.3 is 0 Å². The van der Waals surface area contributed by atoms with E-state index in [2.05, 4.69) is 5.10 Å². The van der Waals surface area contributed by atoms with Crippen LogP contribution < -0.4 is 5.73 Å². The first-order valence-corrected chi connectivity index (χ1v) is 4.35. The van der Waals surface area contributed by atoms with Crippen molar-refractivity contribution in [3.8, 4) is 0 Å². The van der Waals surface area contributed by atoms with E-state index in [0.29, 0.717) is 6.54 Å². The molecular formula is C9H17N3O. The second-order valence-corrected chi connectivity index (χ2v) is 3.72. The molecule has 0 aliphatic rings. The third-order valence-electron chi connectivity index (χ3n) is 2.49. The van der Waals surface area contributed by atoms with Crippen LogP contribution in [0.15, 0.2) is 6.20 Å². The number of hydrogen-bond donors (Lipinski definition) is 2. The maximum absolute atomic E-state index is 9.28. The molecule has 4 heteroatoms. The first-order valence-electron chi connectivity index (χ1n) is 4.35. The number of nitrogens with zero attached hydrogens (tertiary/aromatic N) is 2. The van der Waals surface area contributed by atoms with Crippen molar-refractivity contribution in [2.45, 2.75) is 19.3 Å². The minimum atomic E-state index is -0.380. The van der Waals surface area contributed by atoms with Crippen LogP contribution in [0.2, 0.25) is 0 Å². The van der Waals surface area contributed by atoms with E-state index in [4.69, 9.17) is 5.73 Å². The lowest BCUT2D eigenvalue weighted by atomic mass is 9.86. The van der Waals surface area contributed by atoms with Gasteiger partial charge in [-0.3, -0.25) is 4.68 Å². The van der Waals surface area contributed by atoms with Crippen LogP contribution >= 0.6 is 0 Å². The molecule has 1 aromatic rings. The summed E-state index contributed by atoms with van der Waals surface area (Å²) in [4.78, 5) is 0. The zero-order valence-corrected chi connectivity index (χ0v) is 8.41. The van der Waals surface area contributed by atoms with Gasteiger partial charge in [0.15, 0.2) is 0 Å². The molecule has 74 valence electrons. The van der Waals surface area contributed by atoms with Crippen molar-refractivity contribution in [2.75, 3.05) is 13.2 Å². The summed E-state index contributed by atoms with van der Waals surface area (Å²) in [6.45, 7) is 4.39. The van der Waals surface area contributed by atoms with E-state index in [0.717, 1.165) is 11.3 Å². The lowest BCUT2D eigenvalue weighted by Gasteiger charge is -2.26. The Balaban J connectivity index is 3.18. The Hall–Kier alpha value is -0.870. The highest BCUT2D eigenvalue weighted by Gasteiger charge is 2.29. The summed E-state index contributed by atoms with van der Waals surface area (Å²) in [5.74, 6) is 0. The Morgan fingerprint density at radius 2 is 2.31 bits per heavy atom. The molecule has 1 rings (SSSR count). The Morgan fingerprint density at radius 1 is 1.69 bits per heavy atom. The summed E-state index contributed by atoms with van der Waals surface area (Å²) in [6.07, 6.45) is 1.79. The van der Waals surface area contributed by atoms with Crippen LogP contribution in [0, 0.1) is 6.92 Å². The van der Waals surface area contributed by atoms with Crippen molar-refractivity contribution in [3.63, 3.8) is 0 Å². The smallest absolute Gasteiger partial charge is 0.0552 e. The zero-order valence-electron chi connectivity index (χ0n) is 8.41. The fraction of sp³-hybridized carbons (Fsp3) is 0.667. The molecule has 3 N–H and O–H groups in total. The average Bonchev–Trinajstić information content (AvgIpc) is 2.46. The minimum absolute atomic E-state index is 0.0455. The van der Waals surface area contributed by atoms with Gasteiger partial charge in [0, 0.05) is 19.0 Å². The highest BCUT2D eigenvalue weighted by molar-refractivity contribution is 5.25. The molecule has 4 nitrogen and oxygen atoms in total. The first kappa shape index (κ1) is 10.2. The SMILES string of the molecule is Cc1cnn(C)c1C(C)(CN)CO. The second kappa shape index (κ2) is 3.47. The van der Waals surface area contributed by atoms with Crippen molar-refractivity contribution in [1.29, 1.82) is 0 Å². The summed E-state index contributed by atoms with van der Waals surface area (Å²) in [7, 11) is 1.87. The van der Waals surface area contributed by atoms with Crippen molar-refractivity contribution in [1.82, 2.24) is 9.78 Å². The van der Waals surface area contributed by atoms with Gasteiger partial charge in [0.05, 0.1) is 18.5 Å². The van der Waals surface area contributed by atoms with Gasteiger partial charge in [-0.1, -0.05) is 6.92 Å². The Labute approximate surface area is 78.4 Å². The fourth-order valence-corrected chi connectivity index (χ4v) is 1.65. The number of aliphatic hydroxyl groups excluding tert-OH is 1. The molecule has 0 spiro atoms. The van der Waals surface area contributed by atoms with Crippen molar-refractivity contribution < 1.29 is 5.11 Å². The molecule has 0 radical (unpaired) electrons. The maximum atomic E-state index is 9.28. The minimum Gasteiger partial charge on any atom is -0.395 e. The summed E-state index contributed by atoms with van der Waals surface area (Å²) in [5, 5.41) is 13.4. The molecule has 0 fully saturated rings. The van der Waals surface area contributed by atoms with Gasteiger partial charge in [0.25, 0.3) is 0 Å². The number of aromatic nitrogens is 2. The predicted octanol–water partition coefficient (Wildman–Crippen LogP) is -0.0628. The molecule has 1 aromatic heterocycles. The third kappa shape index (κ3) is 1.59. The second-order valence-electron chi connectivity index (χ2n) is 3.72. The van der Waals surface area contributed by atoms with Crippen LogP contribution in [-0.4, -0.2) is 28.0 Å². The van der Waals surface area contributed by atoms with Gasteiger partial charge in [0.2, 0.25) is 0 Å². The summed E-state index contributed by atoms with van der Waals surface area (Å²) in [6, 6.07) is 0. The lowest BCUT2D eigenvalue weighted by molar-refractivity contribution is 0.202. The van der Waals surface area contributed by atoms with Crippen molar-refractivity contribution in [2.24, 2.45) is 12.8 Å². The number of rotatable bonds is 3. The van der Waals surface area contributed by atoms with E-state index in [-0.39, 0.29) is 12.0 Å². The van der Waals surface area contributed by atoms with Crippen molar-refractivity contribution >= 4 is 0 Å². The molecular weight excluding hydrogens is 166 g/mol. The van der Waals surface area contributed by atoms with Crippen molar-refractivity contribution in [3.05, 3.63) is 17.5 Å². The van der Waals surface area contributed by atoms with E-state index < -0.39 is 0 Å². The standard InChI is InChI=1S/C9H17N3O/c1-7-4-11-12(3)8(7)9(2,5-10)6-13/h4,13H,5-6,10H2,1-3H3. The Bertz CT molecular complexity index is 270. The van der Waals surface area contributed by atoms with Gasteiger partial charge < -0.3 is 10.8 Å². The van der Waals surface area contributed by atoms with Gasteiger partial charge in [0.1, 0.15) is 0 Å². The maximum Gasteiger partial charge on any atom is 0.0552 e. The molecule has 0 saturated heterocycles. The largest absolute Gasteiger partial charge is 0.395 e. The molecule has 0 aliphatic carbocycles. The van der Waals surface area contributed by atoms with Gasteiger partial charge in [-0.15, -0.1) is 0 Å². The Kier molecular flexibility index (Phi) is 2.73. The molecule has 0 amide bonds. The van der Waals surface area contributed by atoms with Crippen LogP contribution in [0.5, 0.6) is 0 Å². The van der Waals surface area contributed by atoms with E-state index in [1.165, 1.54) is 0 Å². The normalized spacial score (nSPS) is 15.8. The molecule has 0 bridgehead atoms. The van der Waals surface area contributed by atoms with E-state index in [1.54, 1.807) is 10.9 Å². The molecule has 13 heavy (non-hydrogen) atoms. The number of aryl methyl sites for hydroxylation is 2. The van der Waals surface area contributed by atoms with Crippen LogP contribution in [0.3, 0.4) is 0 Å². The quantitative estimate of drug-likeness (QED) is 0.690. The molecule has 0 aliphatic heterocycles. The topological polar surface area (TPSA) is 64.1 Å². The predicted molar refractivity (Wildman–Crippen MR) is 51.4 cm³/mol.